The van der Waals surface area contributed by atoms with Crippen LogP contribution in [-0.2, 0) is 6.54 Å². The Morgan fingerprint density at radius 2 is 1.90 bits per heavy atom. The molecule has 0 atom stereocenters. The predicted octanol–water partition coefficient (Wildman–Crippen LogP) is 3.32. The molecule has 5 rings (SSSR count). The van der Waals surface area contributed by atoms with Gasteiger partial charge < -0.3 is 9.67 Å². The molecule has 29 heavy (non-hydrogen) atoms. The first-order valence-corrected chi connectivity index (χ1v) is 9.73. The van der Waals surface area contributed by atoms with Crippen LogP contribution < -0.4 is 10.7 Å². The summed E-state index contributed by atoms with van der Waals surface area (Å²) < 4.78 is 16.9. The molecule has 3 aromatic rings. The highest BCUT2D eigenvalue weighted by molar-refractivity contribution is 7.20. The van der Waals surface area contributed by atoms with E-state index < -0.39 is 0 Å². The molecule has 0 bridgehead atoms. The van der Waals surface area contributed by atoms with E-state index in [-0.39, 0.29) is 23.8 Å². The minimum atomic E-state index is -0.341. The minimum absolute atomic E-state index is 0.243. The molecule has 0 saturated carbocycles. The maximum atomic E-state index is 13.2. The highest BCUT2D eigenvalue weighted by Gasteiger charge is 2.22. The van der Waals surface area contributed by atoms with Crippen molar-refractivity contribution in [2.45, 2.75) is 13.5 Å². The van der Waals surface area contributed by atoms with Crippen LogP contribution in [0.4, 0.5) is 4.39 Å². The van der Waals surface area contributed by atoms with Gasteiger partial charge in [-0.05, 0) is 48.7 Å². The topological polar surface area (TPSA) is 75.8 Å². The van der Waals surface area contributed by atoms with Gasteiger partial charge in [0.15, 0.2) is 0 Å². The average Bonchev–Trinajstić information content (AvgIpc) is 3.27. The SMILES string of the molecule is Cc1c2c(=O)n(-c3nc4ccccc4s3)nc-2cc([O-])n1Cc1ccc(F)cc1. The summed E-state index contributed by atoms with van der Waals surface area (Å²) in [6, 6.07) is 14.9. The van der Waals surface area contributed by atoms with Gasteiger partial charge in [0, 0.05) is 12.2 Å². The molecule has 144 valence electrons. The zero-order valence-corrected chi connectivity index (χ0v) is 16.1. The molecule has 3 heterocycles. The van der Waals surface area contributed by atoms with E-state index in [0.29, 0.717) is 22.1 Å². The summed E-state index contributed by atoms with van der Waals surface area (Å²) in [7, 11) is 0. The smallest absolute Gasteiger partial charge is 0.284 e. The standard InChI is InChI=1S/C21H15FN4O2S/c1-12-19-16(10-18(27)25(12)11-13-6-8-14(22)9-7-13)24-26(20(19)28)21-23-15-4-2-3-5-17(15)29-21/h2-10,27H,11H2,1H3/p-1. The van der Waals surface area contributed by atoms with Gasteiger partial charge in [-0.2, -0.15) is 9.78 Å². The number of halogens is 1. The third kappa shape index (κ3) is 2.89. The Balaban J connectivity index is 1.65. The molecule has 0 radical (unpaired) electrons. The van der Waals surface area contributed by atoms with E-state index in [9.17, 15) is 14.3 Å². The number of hydrogen-bond donors (Lipinski definition) is 0. The fraction of sp³-hybridized carbons (Fsp3) is 0.0952. The van der Waals surface area contributed by atoms with Gasteiger partial charge in [-0.15, -0.1) is 0 Å². The van der Waals surface area contributed by atoms with Crippen molar-refractivity contribution in [2.75, 3.05) is 0 Å². The summed E-state index contributed by atoms with van der Waals surface area (Å²) in [5, 5.41) is 17.5. The highest BCUT2D eigenvalue weighted by atomic mass is 32.1. The van der Waals surface area contributed by atoms with Crippen LogP contribution in [-0.4, -0.2) is 19.3 Å². The molecule has 0 unspecified atom stereocenters. The molecule has 6 nitrogen and oxygen atoms in total. The summed E-state index contributed by atoms with van der Waals surface area (Å²) in [5.74, 6) is -0.611. The number of thiazole rings is 1. The number of benzene rings is 2. The lowest BCUT2D eigenvalue weighted by Crippen LogP contribution is -2.18. The normalized spacial score (nSPS) is 11.5. The minimum Gasteiger partial charge on any atom is -0.860 e. The van der Waals surface area contributed by atoms with Crippen LogP contribution >= 0.6 is 11.3 Å². The predicted molar refractivity (Wildman–Crippen MR) is 107 cm³/mol. The maximum Gasteiger partial charge on any atom is 0.284 e. The van der Waals surface area contributed by atoms with Crippen LogP contribution in [0.2, 0.25) is 0 Å². The van der Waals surface area contributed by atoms with Crippen molar-refractivity contribution in [3.63, 3.8) is 0 Å². The molecule has 1 aromatic heterocycles. The van der Waals surface area contributed by atoms with Gasteiger partial charge in [0.1, 0.15) is 5.82 Å². The van der Waals surface area contributed by atoms with E-state index in [1.165, 1.54) is 38.8 Å². The summed E-state index contributed by atoms with van der Waals surface area (Å²) in [6.07, 6.45) is 0. The van der Waals surface area contributed by atoms with Crippen molar-refractivity contribution in [1.82, 2.24) is 19.3 Å². The summed E-state index contributed by atoms with van der Waals surface area (Å²) >= 11 is 1.37. The fourth-order valence-electron chi connectivity index (χ4n) is 3.40. The van der Waals surface area contributed by atoms with Crippen molar-refractivity contribution in [1.29, 1.82) is 0 Å². The first-order valence-electron chi connectivity index (χ1n) is 8.92. The summed E-state index contributed by atoms with van der Waals surface area (Å²) in [6.45, 7) is 1.96. The molecular weight excluding hydrogens is 391 g/mol. The lowest BCUT2D eigenvalue weighted by Gasteiger charge is -2.22. The summed E-state index contributed by atoms with van der Waals surface area (Å²) in [5.41, 5.74) is 2.48. The zero-order valence-electron chi connectivity index (χ0n) is 15.3. The largest absolute Gasteiger partial charge is 0.860 e. The van der Waals surface area contributed by atoms with Gasteiger partial charge >= 0.3 is 0 Å². The van der Waals surface area contributed by atoms with Crippen LogP contribution in [0.3, 0.4) is 0 Å². The Morgan fingerprint density at radius 3 is 2.66 bits per heavy atom. The van der Waals surface area contributed by atoms with Gasteiger partial charge in [-0.3, -0.25) is 4.79 Å². The van der Waals surface area contributed by atoms with Crippen molar-refractivity contribution in [2.24, 2.45) is 0 Å². The molecule has 0 amide bonds. The number of fused-ring (bicyclic) bond motifs is 2. The van der Waals surface area contributed by atoms with Crippen molar-refractivity contribution in [3.8, 4) is 22.3 Å². The Bertz CT molecular complexity index is 1350. The monoisotopic (exact) mass is 405 g/mol. The molecule has 2 aromatic carbocycles. The summed E-state index contributed by atoms with van der Waals surface area (Å²) in [4.78, 5) is 17.6. The van der Waals surface area contributed by atoms with Crippen LogP contribution in [0, 0.1) is 12.7 Å². The van der Waals surface area contributed by atoms with E-state index in [1.807, 2.05) is 24.3 Å². The number of rotatable bonds is 3. The van der Waals surface area contributed by atoms with E-state index in [2.05, 4.69) is 10.1 Å². The molecule has 0 aliphatic carbocycles. The van der Waals surface area contributed by atoms with Crippen LogP contribution in [0.1, 0.15) is 11.3 Å². The third-order valence-corrected chi connectivity index (χ3v) is 5.89. The number of hydrogen-bond acceptors (Lipinski definition) is 5. The van der Waals surface area contributed by atoms with Crippen LogP contribution in [0.15, 0.2) is 59.4 Å². The molecule has 0 spiro atoms. The van der Waals surface area contributed by atoms with Gasteiger partial charge in [0.25, 0.3) is 5.56 Å². The van der Waals surface area contributed by atoms with E-state index in [1.54, 1.807) is 19.1 Å². The lowest BCUT2D eigenvalue weighted by atomic mass is 10.1. The molecule has 8 heteroatoms. The molecular formula is C21H14FN4O2S-. The Morgan fingerprint density at radius 1 is 1.14 bits per heavy atom. The Hall–Kier alpha value is -3.52. The second kappa shape index (κ2) is 6.52. The van der Waals surface area contributed by atoms with Gasteiger partial charge in [-0.1, -0.05) is 35.6 Å². The highest BCUT2D eigenvalue weighted by Crippen LogP contribution is 2.29. The van der Waals surface area contributed by atoms with Crippen molar-refractivity contribution < 1.29 is 9.50 Å². The number of para-hydroxylation sites is 1. The van der Waals surface area contributed by atoms with E-state index >= 15 is 0 Å². The number of aromatic nitrogens is 4. The second-order valence-electron chi connectivity index (χ2n) is 6.72. The number of nitrogens with zero attached hydrogens (tertiary/aromatic N) is 4. The first kappa shape index (κ1) is 17.6. The molecule has 0 saturated heterocycles. The molecule has 0 N–H and O–H groups in total. The first-order chi connectivity index (χ1) is 14.0. The van der Waals surface area contributed by atoms with Crippen molar-refractivity contribution >= 4 is 21.6 Å². The van der Waals surface area contributed by atoms with Gasteiger partial charge in [0.05, 0.1) is 21.5 Å². The van der Waals surface area contributed by atoms with E-state index in [0.717, 1.165) is 15.8 Å². The molecule has 0 fully saturated rings. The second-order valence-corrected chi connectivity index (χ2v) is 7.73. The van der Waals surface area contributed by atoms with Crippen molar-refractivity contribution in [3.05, 3.63) is 82.0 Å². The van der Waals surface area contributed by atoms with E-state index in [4.69, 9.17) is 0 Å². The molecule has 2 aliphatic rings. The number of pyridine rings is 1. The third-order valence-electron chi connectivity index (χ3n) is 4.88. The quantitative estimate of drug-likeness (QED) is 0.461. The van der Waals surface area contributed by atoms with Crippen LogP contribution in [0.5, 0.6) is 5.88 Å². The Labute approximate surface area is 168 Å². The average molecular weight is 405 g/mol. The van der Waals surface area contributed by atoms with Gasteiger partial charge in [0.2, 0.25) is 5.13 Å². The molecule has 2 aliphatic heterocycles. The lowest BCUT2D eigenvalue weighted by molar-refractivity contribution is -0.279. The maximum absolute atomic E-state index is 13.2. The van der Waals surface area contributed by atoms with Gasteiger partial charge in [-0.25, -0.2) is 9.37 Å². The fourth-order valence-corrected chi connectivity index (χ4v) is 4.32. The zero-order chi connectivity index (χ0) is 20.1. The van der Waals surface area contributed by atoms with Crippen LogP contribution in [0.25, 0.3) is 26.6 Å². The Kier molecular flexibility index (Phi) is 3.95.